The minimum absolute atomic E-state index is 0.00888. The van der Waals surface area contributed by atoms with Gasteiger partial charge < -0.3 is 20.1 Å². The molecular formula is C34H60N4O4. The SMILES string of the molecule is CCN(C1CCOCC1)C1CC(C2CCC(CN3CCOCC3)CC2)CC(C(=O)NCC2C(=O)NC(C)CC2C)C1C. The van der Waals surface area contributed by atoms with Gasteiger partial charge in [-0.2, -0.15) is 0 Å². The van der Waals surface area contributed by atoms with Crippen molar-refractivity contribution in [2.75, 3.05) is 59.2 Å². The van der Waals surface area contributed by atoms with Gasteiger partial charge in [-0.3, -0.25) is 19.4 Å². The van der Waals surface area contributed by atoms with Gasteiger partial charge >= 0.3 is 0 Å². The van der Waals surface area contributed by atoms with E-state index in [2.05, 4.69) is 48.1 Å². The van der Waals surface area contributed by atoms with Gasteiger partial charge in [0.25, 0.3) is 0 Å². The van der Waals surface area contributed by atoms with E-state index in [4.69, 9.17) is 9.47 Å². The van der Waals surface area contributed by atoms with E-state index in [1.54, 1.807) is 0 Å². The van der Waals surface area contributed by atoms with E-state index < -0.39 is 0 Å². The number of nitrogens with one attached hydrogen (secondary N) is 2. The van der Waals surface area contributed by atoms with E-state index in [1.807, 2.05) is 0 Å². The van der Waals surface area contributed by atoms with Gasteiger partial charge in [-0.1, -0.05) is 20.8 Å². The lowest BCUT2D eigenvalue weighted by molar-refractivity contribution is -0.133. The Balaban J connectivity index is 1.25. The van der Waals surface area contributed by atoms with Crippen LogP contribution in [0.3, 0.4) is 0 Å². The molecule has 42 heavy (non-hydrogen) atoms. The fourth-order valence-electron chi connectivity index (χ4n) is 9.39. The Hall–Kier alpha value is -1.22. The number of ether oxygens (including phenoxy) is 2. The van der Waals surface area contributed by atoms with Crippen LogP contribution in [0, 0.1) is 41.4 Å². The van der Waals surface area contributed by atoms with Gasteiger partial charge in [0.05, 0.1) is 19.1 Å². The van der Waals surface area contributed by atoms with Gasteiger partial charge in [-0.15, -0.1) is 0 Å². The van der Waals surface area contributed by atoms with Crippen LogP contribution in [0.25, 0.3) is 0 Å². The van der Waals surface area contributed by atoms with Crippen LogP contribution in [0.1, 0.15) is 85.5 Å². The van der Waals surface area contributed by atoms with Crippen molar-refractivity contribution in [3.05, 3.63) is 0 Å². The number of carbonyl (C=O) groups excluding carboxylic acids is 2. The zero-order valence-corrected chi connectivity index (χ0v) is 27.0. The van der Waals surface area contributed by atoms with Gasteiger partial charge in [0, 0.05) is 63.4 Å². The van der Waals surface area contributed by atoms with E-state index in [9.17, 15) is 9.59 Å². The Morgan fingerprint density at radius 1 is 0.929 bits per heavy atom. The molecule has 2 N–H and O–H groups in total. The number of morpholine rings is 1. The fourth-order valence-corrected chi connectivity index (χ4v) is 9.39. The molecule has 3 saturated heterocycles. The highest BCUT2D eigenvalue weighted by Gasteiger charge is 2.45. The number of nitrogens with zero attached hydrogens (tertiary/aromatic N) is 2. The van der Waals surface area contributed by atoms with Crippen molar-refractivity contribution in [3.63, 3.8) is 0 Å². The number of rotatable bonds is 9. The molecule has 7 unspecified atom stereocenters. The normalized spacial score (nSPS) is 39.2. The van der Waals surface area contributed by atoms with Crippen molar-refractivity contribution in [2.24, 2.45) is 41.4 Å². The van der Waals surface area contributed by atoms with Crippen LogP contribution in [-0.4, -0.2) is 98.9 Å². The van der Waals surface area contributed by atoms with Gasteiger partial charge in [0.15, 0.2) is 0 Å². The average molecular weight is 589 g/mol. The van der Waals surface area contributed by atoms with Crippen LogP contribution in [0.5, 0.6) is 0 Å². The molecule has 0 aromatic rings. The molecule has 8 heteroatoms. The zero-order chi connectivity index (χ0) is 29.6. The van der Waals surface area contributed by atoms with E-state index in [1.165, 1.54) is 38.6 Å². The molecule has 0 aromatic heterocycles. The summed E-state index contributed by atoms with van der Waals surface area (Å²) in [6.45, 7) is 17.2. The lowest BCUT2D eigenvalue weighted by Gasteiger charge is -2.50. The fraction of sp³-hybridized carbons (Fsp3) is 0.941. The largest absolute Gasteiger partial charge is 0.381 e. The molecule has 0 spiro atoms. The first-order chi connectivity index (χ1) is 20.3. The number of piperidine rings is 1. The average Bonchev–Trinajstić information content (AvgIpc) is 2.99. The number of carbonyl (C=O) groups is 2. The maximum absolute atomic E-state index is 14.0. The van der Waals surface area contributed by atoms with Crippen LogP contribution in [0.15, 0.2) is 0 Å². The summed E-state index contributed by atoms with van der Waals surface area (Å²) in [7, 11) is 0. The molecule has 7 atom stereocenters. The van der Waals surface area contributed by atoms with E-state index in [0.717, 1.165) is 83.6 Å². The summed E-state index contributed by atoms with van der Waals surface area (Å²) in [6, 6.07) is 1.20. The third-order valence-electron chi connectivity index (χ3n) is 11.9. The number of amides is 2. The summed E-state index contributed by atoms with van der Waals surface area (Å²) in [6.07, 6.45) is 10.6. The summed E-state index contributed by atoms with van der Waals surface area (Å²) in [5.74, 6) is 2.86. The molecule has 5 aliphatic rings. The Bertz CT molecular complexity index is 868. The molecule has 3 heterocycles. The summed E-state index contributed by atoms with van der Waals surface area (Å²) in [5.41, 5.74) is 0. The highest BCUT2D eigenvalue weighted by Crippen LogP contribution is 2.46. The van der Waals surface area contributed by atoms with Crippen molar-refractivity contribution < 1.29 is 19.1 Å². The maximum atomic E-state index is 14.0. The molecule has 8 nitrogen and oxygen atoms in total. The van der Waals surface area contributed by atoms with E-state index in [-0.39, 0.29) is 35.6 Å². The Morgan fingerprint density at radius 2 is 1.62 bits per heavy atom. The van der Waals surface area contributed by atoms with Gasteiger partial charge in [0.2, 0.25) is 11.8 Å². The first-order valence-corrected chi connectivity index (χ1v) is 17.6. The zero-order valence-electron chi connectivity index (χ0n) is 27.0. The molecule has 240 valence electrons. The number of hydrogen-bond donors (Lipinski definition) is 2. The summed E-state index contributed by atoms with van der Waals surface area (Å²) < 4.78 is 11.3. The topological polar surface area (TPSA) is 83.1 Å². The first kappa shape index (κ1) is 32.2. The second kappa shape index (κ2) is 15.2. The number of hydrogen-bond acceptors (Lipinski definition) is 6. The molecule has 0 aromatic carbocycles. The minimum Gasteiger partial charge on any atom is -0.381 e. The van der Waals surface area contributed by atoms with Crippen LogP contribution in [0.2, 0.25) is 0 Å². The molecule has 5 rings (SSSR count). The third-order valence-corrected chi connectivity index (χ3v) is 11.9. The van der Waals surface area contributed by atoms with Gasteiger partial charge in [-0.05, 0) is 101 Å². The Morgan fingerprint density at radius 3 is 2.29 bits per heavy atom. The van der Waals surface area contributed by atoms with Crippen molar-refractivity contribution in [1.29, 1.82) is 0 Å². The predicted octanol–water partition coefficient (Wildman–Crippen LogP) is 3.93. The highest BCUT2D eigenvalue weighted by molar-refractivity contribution is 5.83. The molecule has 3 aliphatic heterocycles. The van der Waals surface area contributed by atoms with Crippen LogP contribution < -0.4 is 10.6 Å². The highest BCUT2D eigenvalue weighted by atomic mass is 16.5. The van der Waals surface area contributed by atoms with Gasteiger partial charge in [-0.25, -0.2) is 0 Å². The van der Waals surface area contributed by atoms with Crippen LogP contribution in [-0.2, 0) is 19.1 Å². The van der Waals surface area contributed by atoms with E-state index >= 15 is 0 Å². The minimum atomic E-state index is -0.133. The second-order valence-electron chi connectivity index (χ2n) is 14.6. The molecule has 5 fully saturated rings. The van der Waals surface area contributed by atoms with Crippen molar-refractivity contribution in [1.82, 2.24) is 20.4 Å². The summed E-state index contributed by atoms with van der Waals surface area (Å²) in [4.78, 5) is 32.1. The monoisotopic (exact) mass is 588 g/mol. The van der Waals surface area contributed by atoms with Crippen LogP contribution >= 0.6 is 0 Å². The first-order valence-electron chi connectivity index (χ1n) is 17.6. The second-order valence-corrected chi connectivity index (χ2v) is 14.6. The molecule has 2 aliphatic carbocycles. The Labute approximate surface area is 255 Å². The van der Waals surface area contributed by atoms with Crippen molar-refractivity contribution in [2.45, 2.75) is 104 Å². The third kappa shape index (κ3) is 7.89. The quantitative estimate of drug-likeness (QED) is 0.425. The molecule has 0 radical (unpaired) electrons. The standard InChI is InChI=1S/C34H60N4O4/c1-5-38(29-10-14-41-15-11-29)32-20-28(27-8-6-26(7-9-27)22-37-12-16-42-17-13-37)19-30(25(32)4)33(39)35-21-31-23(2)18-24(3)36-34(31)40/h23-32H,5-22H2,1-4H3,(H,35,39)(H,36,40). The Kier molecular flexibility index (Phi) is 11.6. The molecule has 2 amide bonds. The van der Waals surface area contributed by atoms with Crippen molar-refractivity contribution >= 4 is 11.8 Å². The molecule has 2 saturated carbocycles. The van der Waals surface area contributed by atoms with Crippen molar-refractivity contribution in [3.8, 4) is 0 Å². The maximum Gasteiger partial charge on any atom is 0.225 e. The summed E-state index contributed by atoms with van der Waals surface area (Å²) >= 11 is 0. The molecular weight excluding hydrogens is 528 g/mol. The van der Waals surface area contributed by atoms with Crippen LogP contribution in [0.4, 0.5) is 0 Å². The van der Waals surface area contributed by atoms with E-state index in [0.29, 0.717) is 30.5 Å². The summed E-state index contributed by atoms with van der Waals surface area (Å²) in [5, 5.41) is 6.41. The lowest BCUT2D eigenvalue weighted by atomic mass is 9.63. The lowest BCUT2D eigenvalue weighted by Crippen LogP contribution is -2.56. The van der Waals surface area contributed by atoms with Gasteiger partial charge in [0.1, 0.15) is 0 Å². The smallest absolute Gasteiger partial charge is 0.225 e. The molecule has 0 bridgehead atoms. The predicted molar refractivity (Wildman–Crippen MR) is 166 cm³/mol.